The maximum absolute atomic E-state index is 6.06. The molecule has 1 aliphatic rings. The predicted molar refractivity (Wildman–Crippen MR) is 67.8 cm³/mol. The minimum absolute atomic E-state index is 0.534. The van der Waals surface area contributed by atoms with E-state index >= 15 is 0 Å². The summed E-state index contributed by atoms with van der Waals surface area (Å²) in [6.45, 7) is 7.19. The molecule has 5 heteroatoms. The van der Waals surface area contributed by atoms with Gasteiger partial charge < -0.3 is 5.73 Å². The lowest BCUT2D eigenvalue weighted by Crippen LogP contribution is -2.07. The van der Waals surface area contributed by atoms with Gasteiger partial charge in [-0.3, -0.25) is 4.57 Å². The minimum atomic E-state index is 0.534. The Morgan fingerprint density at radius 2 is 2.18 bits per heavy atom. The Bertz CT molecular complexity index is 565. The van der Waals surface area contributed by atoms with Gasteiger partial charge in [-0.25, -0.2) is 9.67 Å². The first-order valence-electron chi connectivity index (χ1n) is 6.38. The number of rotatable bonds is 3. The molecule has 0 aliphatic heterocycles. The largest absolute Gasteiger partial charge is 0.369 e. The number of aryl methyl sites for hydroxylation is 2. The second-order valence-corrected chi connectivity index (χ2v) is 4.88. The highest BCUT2D eigenvalue weighted by atomic mass is 15.4. The van der Waals surface area contributed by atoms with Gasteiger partial charge in [0.05, 0.1) is 5.69 Å². The molecule has 0 bridgehead atoms. The van der Waals surface area contributed by atoms with Crippen LogP contribution in [0.1, 0.15) is 38.4 Å². The number of hydrogen-bond acceptors (Lipinski definition) is 3. The Hall–Kier alpha value is -1.52. The van der Waals surface area contributed by atoms with Crippen molar-refractivity contribution in [1.29, 1.82) is 0 Å². The standard InChI is InChI=1S/C12H19N5/c1-4-8-6-9(8)17-11-10(14-12(17)13)7(3)15-16(11)5-2/h8-9H,4-6H2,1-3H3,(H2,13,14). The molecule has 0 saturated heterocycles. The van der Waals surface area contributed by atoms with Gasteiger partial charge in [0, 0.05) is 12.6 Å². The van der Waals surface area contributed by atoms with Crippen LogP contribution in [0.3, 0.4) is 0 Å². The molecule has 2 N–H and O–H groups in total. The summed E-state index contributed by atoms with van der Waals surface area (Å²) >= 11 is 0. The van der Waals surface area contributed by atoms with Crippen molar-refractivity contribution in [2.24, 2.45) is 5.92 Å². The van der Waals surface area contributed by atoms with E-state index in [1.807, 2.05) is 11.6 Å². The van der Waals surface area contributed by atoms with Crippen molar-refractivity contribution in [3.63, 3.8) is 0 Å². The van der Waals surface area contributed by atoms with Crippen LogP contribution in [0.15, 0.2) is 0 Å². The lowest BCUT2D eigenvalue weighted by atomic mass is 10.3. The molecular weight excluding hydrogens is 214 g/mol. The fraction of sp³-hybridized carbons (Fsp3) is 0.667. The van der Waals surface area contributed by atoms with Crippen molar-refractivity contribution in [3.8, 4) is 0 Å². The molecule has 17 heavy (non-hydrogen) atoms. The topological polar surface area (TPSA) is 61.7 Å². The molecule has 92 valence electrons. The molecule has 2 aromatic rings. The van der Waals surface area contributed by atoms with Crippen molar-refractivity contribution in [2.45, 2.75) is 46.2 Å². The van der Waals surface area contributed by atoms with Crippen molar-refractivity contribution >= 4 is 17.1 Å². The van der Waals surface area contributed by atoms with Gasteiger partial charge in [-0.05, 0) is 26.2 Å². The molecule has 3 rings (SSSR count). The van der Waals surface area contributed by atoms with E-state index in [-0.39, 0.29) is 0 Å². The molecule has 5 nitrogen and oxygen atoms in total. The van der Waals surface area contributed by atoms with Crippen LogP contribution in [0.4, 0.5) is 5.95 Å². The second-order valence-electron chi connectivity index (χ2n) is 4.88. The molecule has 1 saturated carbocycles. The van der Waals surface area contributed by atoms with Gasteiger partial charge in [0.2, 0.25) is 5.95 Å². The molecule has 2 aromatic heterocycles. The molecule has 2 atom stereocenters. The summed E-state index contributed by atoms with van der Waals surface area (Å²) in [6, 6.07) is 0.534. The summed E-state index contributed by atoms with van der Waals surface area (Å²) in [4.78, 5) is 4.47. The third kappa shape index (κ3) is 1.38. The molecule has 2 heterocycles. The maximum atomic E-state index is 6.06. The van der Waals surface area contributed by atoms with Crippen LogP contribution in [0, 0.1) is 12.8 Å². The summed E-state index contributed by atoms with van der Waals surface area (Å²) in [5.41, 5.74) is 9.10. The first kappa shape index (κ1) is 10.6. The quantitative estimate of drug-likeness (QED) is 0.883. The number of aromatic nitrogens is 4. The fourth-order valence-corrected chi connectivity index (χ4v) is 2.74. The summed E-state index contributed by atoms with van der Waals surface area (Å²) < 4.78 is 4.20. The molecule has 1 aliphatic carbocycles. The van der Waals surface area contributed by atoms with Crippen LogP contribution in [0.25, 0.3) is 11.2 Å². The maximum Gasteiger partial charge on any atom is 0.202 e. The van der Waals surface area contributed by atoms with Crippen LogP contribution in [0.2, 0.25) is 0 Å². The van der Waals surface area contributed by atoms with Gasteiger partial charge in [-0.1, -0.05) is 13.3 Å². The van der Waals surface area contributed by atoms with Crippen molar-refractivity contribution in [1.82, 2.24) is 19.3 Å². The second kappa shape index (κ2) is 3.48. The smallest absolute Gasteiger partial charge is 0.202 e. The zero-order valence-electron chi connectivity index (χ0n) is 10.6. The van der Waals surface area contributed by atoms with E-state index in [0.29, 0.717) is 12.0 Å². The van der Waals surface area contributed by atoms with E-state index in [4.69, 9.17) is 5.73 Å². The number of nitrogen functional groups attached to an aromatic ring is 1. The number of hydrogen-bond donors (Lipinski definition) is 1. The van der Waals surface area contributed by atoms with Gasteiger partial charge in [-0.15, -0.1) is 0 Å². The Balaban J connectivity index is 2.19. The van der Waals surface area contributed by atoms with Crippen LogP contribution >= 0.6 is 0 Å². The number of nitrogens with two attached hydrogens (primary N) is 1. The van der Waals surface area contributed by atoms with Crippen molar-refractivity contribution in [2.75, 3.05) is 5.73 Å². The monoisotopic (exact) mass is 233 g/mol. The number of anilines is 1. The van der Waals surface area contributed by atoms with E-state index in [1.54, 1.807) is 0 Å². The van der Waals surface area contributed by atoms with Crippen LogP contribution < -0.4 is 5.73 Å². The van der Waals surface area contributed by atoms with Crippen LogP contribution in [-0.4, -0.2) is 19.3 Å². The van der Waals surface area contributed by atoms with E-state index in [9.17, 15) is 0 Å². The summed E-state index contributed by atoms with van der Waals surface area (Å²) in [5.74, 6) is 1.40. The summed E-state index contributed by atoms with van der Waals surface area (Å²) in [5, 5.41) is 4.51. The molecule has 1 fully saturated rings. The highest BCUT2D eigenvalue weighted by Gasteiger charge is 2.40. The van der Waals surface area contributed by atoms with Gasteiger partial charge >= 0.3 is 0 Å². The van der Waals surface area contributed by atoms with Gasteiger partial charge in [-0.2, -0.15) is 5.10 Å². The molecule has 0 spiro atoms. The van der Waals surface area contributed by atoms with Gasteiger partial charge in [0.25, 0.3) is 0 Å². The Morgan fingerprint density at radius 3 is 2.76 bits per heavy atom. The van der Waals surface area contributed by atoms with E-state index in [0.717, 1.165) is 29.3 Å². The van der Waals surface area contributed by atoms with E-state index in [2.05, 4.69) is 28.5 Å². The zero-order chi connectivity index (χ0) is 12.2. The molecule has 0 aromatic carbocycles. The Kier molecular flexibility index (Phi) is 2.18. The van der Waals surface area contributed by atoms with Gasteiger partial charge in [0.1, 0.15) is 5.52 Å². The highest BCUT2D eigenvalue weighted by Crippen LogP contribution is 2.48. The lowest BCUT2D eigenvalue weighted by molar-refractivity contribution is 0.612. The number of fused-ring (bicyclic) bond motifs is 1. The van der Waals surface area contributed by atoms with Crippen LogP contribution in [-0.2, 0) is 6.54 Å². The highest BCUT2D eigenvalue weighted by molar-refractivity contribution is 5.78. The van der Waals surface area contributed by atoms with Gasteiger partial charge in [0.15, 0.2) is 5.65 Å². The third-order valence-corrected chi connectivity index (χ3v) is 3.81. The molecule has 2 unspecified atom stereocenters. The first-order valence-corrected chi connectivity index (χ1v) is 6.38. The molecular formula is C12H19N5. The number of imidazole rings is 1. The first-order chi connectivity index (χ1) is 8.17. The minimum Gasteiger partial charge on any atom is -0.369 e. The normalized spacial score (nSPS) is 23.5. The number of nitrogens with zero attached hydrogens (tertiary/aromatic N) is 4. The third-order valence-electron chi connectivity index (χ3n) is 3.81. The molecule has 0 amide bonds. The Morgan fingerprint density at radius 1 is 1.41 bits per heavy atom. The average molecular weight is 233 g/mol. The molecule has 0 radical (unpaired) electrons. The Labute approximate surface area is 101 Å². The average Bonchev–Trinajstić information content (AvgIpc) is 2.92. The van der Waals surface area contributed by atoms with Crippen molar-refractivity contribution in [3.05, 3.63) is 5.69 Å². The SMILES string of the molecule is CCC1CC1n1c(N)nc2c(C)nn(CC)c21. The zero-order valence-corrected chi connectivity index (χ0v) is 10.6. The fourth-order valence-electron chi connectivity index (χ4n) is 2.74. The van der Waals surface area contributed by atoms with Crippen LogP contribution in [0.5, 0.6) is 0 Å². The summed E-state index contributed by atoms with van der Waals surface area (Å²) in [6.07, 6.45) is 2.43. The van der Waals surface area contributed by atoms with E-state index in [1.165, 1.54) is 12.8 Å². The summed E-state index contributed by atoms with van der Waals surface area (Å²) in [7, 11) is 0. The van der Waals surface area contributed by atoms with Crippen molar-refractivity contribution < 1.29 is 0 Å². The van der Waals surface area contributed by atoms with E-state index < -0.39 is 0 Å². The predicted octanol–water partition coefficient (Wildman–Crippen LogP) is 2.11. The lowest BCUT2D eigenvalue weighted by Gasteiger charge is -2.06.